The number of aromatic nitrogens is 1. The molecule has 1 saturated heterocycles. The third-order valence-corrected chi connectivity index (χ3v) is 5.50. The Kier molecular flexibility index (Phi) is 6.91. The number of anilines is 2. The molecule has 0 aliphatic carbocycles. The summed E-state index contributed by atoms with van der Waals surface area (Å²) in [6.07, 6.45) is 3.03. The second-order valence-corrected chi connectivity index (χ2v) is 7.86. The topological polar surface area (TPSA) is 77.6 Å². The van der Waals surface area contributed by atoms with Crippen molar-refractivity contribution in [2.75, 3.05) is 43.4 Å². The van der Waals surface area contributed by atoms with Gasteiger partial charge in [-0.1, -0.05) is 24.8 Å². The van der Waals surface area contributed by atoms with Crippen molar-refractivity contribution in [2.24, 2.45) is 0 Å². The minimum absolute atomic E-state index is 0.0211. The second kappa shape index (κ2) is 9.59. The Labute approximate surface area is 169 Å². The molecule has 2 N–H and O–H groups in total. The summed E-state index contributed by atoms with van der Waals surface area (Å²) in [6.45, 7) is 10.1. The van der Waals surface area contributed by atoms with Gasteiger partial charge in [-0.15, -0.1) is 11.3 Å². The van der Waals surface area contributed by atoms with Crippen LogP contribution >= 0.6 is 11.3 Å². The summed E-state index contributed by atoms with van der Waals surface area (Å²) < 4.78 is 0. The van der Waals surface area contributed by atoms with Gasteiger partial charge in [0.25, 0.3) is 0 Å². The maximum atomic E-state index is 12.3. The van der Waals surface area contributed by atoms with Crippen molar-refractivity contribution in [1.29, 1.82) is 0 Å². The number of rotatable bonds is 7. The van der Waals surface area contributed by atoms with Gasteiger partial charge in [0.1, 0.15) is 0 Å². The fourth-order valence-electron chi connectivity index (χ4n) is 3.03. The second-order valence-electron chi connectivity index (χ2n) is 6.74. The average molecular weight is 400 g/mol. The Bertz CT molecular complexity index is 843. The van der Waals surface area contributed by atoms with Gasteiger partial charge in [-0.05, 0) is 24.6 Å². The van der Waals surface area contributed by atoms with Crippen LogP contribution in [0.1, 0.15) is 10.4 Å². The summed E-state index contributed by atoms with van der Waals surface area (Å²) in [4.78, 5) is 33.5. The van der Waals surface area contributed by atoms with E-state index in [9.17, 15) is 9.59 Å². The van der Waals surface area contributed by atoms with Gasteiger partial charge in [-0.2, -0.15) is 0 Å². The molecular weight excluding hydrogens is 374 g/mol. The number of carbonyl (C=O) groups excluding carboxylic acids is 2. The maximum absolute atomic E-state index is 12.3. The van der Waals surface area contributed by atoms with E-state index in [-0.39, 0.29) is 11.8 Å². The molecule has 0 atom stereocenters. The fourth-order valence-corrected chi connectivity index (χ4v) is 3.88. The van der Waals surface area contributed by atoms with Gasteiger partial charge in [0.05, 0.1) is 6.54 Å². The van der Waals surface area contributed by atoms with E-state index in [1.807, 2.05) is 31.2 Å². The Balaban J connectivity index is 1.42. The molecule has 1 aliphatic heterocycles. The van der Waals surface area contributed by atoms with Crippen LogP contribution in [-0.4, -0.2) is 59.3 Å². The van der Waals surface area contributed by atoms with Crippen LogP contribution in [0, 0.1) is 6.92 Å². The van der Waals surface area contributed by atoms with Crippen LogP contribution < -0.4 is 10.6 Å². The summed E-state index contributed by atoms with van der Waals surface area (Å²) in [5.41, 5.74) is 1.93. The molecule has 3 rings (SSSR count). The van der Waals surface area contributed by atoms with Gasteiger partial charge >= 0.3 is 0 Å². The molecule has 0 spiro atoms. The van der Waals surface area contributed by atoms with Crippen LogP contribution in [-0.2, 0) is 16.1 Å². The zero-order valence-corrected chi connectivity index (χ0v) is 16.8. The van der Waals surface area contributed by atoms with Crippen molar-refractivity contribution in [2.45, 2.75) is 13.5 Å². The van der Waals surface area contributed by atoms with E-state index in [1.54, 1.807) is 6.20 Å². The molecule has 1 aliphatic rings. The number of hydrogen-bond acceptors (Lipinski definition) is 6. The molecule has 1 aromatic heterocycles. The van der Waals surface area contributed by atoms with Crippen molar-refractivity contribution in [3.63, 3.8) is 0 Å². The summed E-state index contributed by atoms with van der Waals surface area (Å²) in [5, 5.41) is 6.26. The minimum atomic E-state index is -0.251. The first-order chi connectivity index (χ1) is 13.5. The molecule has 0 saturated carbocycles. The number of amides is 2. The van der Waals surface area contributed by atoms with Crippen molar-refractivity contribution >= 4 is 34.0 Å². The van der Waals surface area contributed by atoms with Crippen molar-refractivity contribution < 1.29 is 9.59 Å². The monoisotopic (exact) mass is 399 g/mol. The third kappa shape index (κ3) is 5.72. The third-order valence-electron chi connectivity index (χ3n) is 4.60. The minimum Gasteiger partial charge on any atom is -0.325 e. The molecule has 2 aromatic rings. The van der Waals surface area contributed by atoms with Crippen LogP contribution in [0.25, 0.3) is 0 Å². The molecule has 28 heavy (non-hydrogen) atoms. The molecular formula is C20H25N5O2S. The number of carbonyl (C=O) groups is 2. The lowest BCUT2D eigenvalue weighted by atomic mass is 10.2. The summed E-state index contributed by atoms with van der Waals surface area (Å²) in [5.74, 6) is -0.230. The smallest absolute Gasteiger partial charge is 0.249 e. The largest absolute Gasteiger partial charge is 0.325 e. The van der Waals surface area contributed by atoms with Crippen LogP contribution in [0.5, 0.6) is 0 Å². The number of hydrogen-bond donors (Lipinski definition) is 2. The van der Waals surface area contributed by atoms with Gasteiger partial charge in [-0.25, -0.2) is 4.98 Å². The number of benzene rings is 1. The molecule has 1 fully saturated rings. The van der Waals surface area contributed by atoms with E-state index >= 15 is 0 Å². The van der Waals surface area contributed by atoms with Gasteiger partial charge in [-0.3, -0.25) is 24.7 Å². The number of nitrogens with zero attached hydrogens (tertiary/aromatic N) is 3. The first kappa shape index (κ1) is 20.2. The van der Waals surface area contributed by atoms with E-state index in [2.05, 4.69) is 32.0 Å². The van der Waals surface area contributed by atoms with Gasteiger partial charge in [0.15, 0.2) is 5.13 Å². The number of thiazole rings is 1. The van der Waals surface area contributed by atoms with Crippen molar-refractivity contribution in [1.82, 2.24) is 14.8 Å². The number of aryl methyl sites for hydroxylation is 1. The van der Waals surface area contributed by atoms with E-state index in [0.29, 0.717) is 11.7 Å². The van der Waals surface area contributed by atoms with Gasteiger partial charge in [0, 0.05) is 49.5 Å². The highest BCUT2D eigenvalue weighted by atomic mass is 32.1. The van der Waals surface area contributed by atoms with Crippen LogP contribution in [0.2, 0.25) is 0 Å². The fraction of sp³-hybridized carbons (Fsp3) is 0.350. The summed E-state index contributed by atoms with van der Waals surface area (Å²) >= 11 is 1.47. The molecule has 1 aromatic carbocycles. The van der Waals surface area contributed by atoms with E-state index in [0.717, 1.165) is 48.9 Å². The predicted molar refractivity (Wildman–Crippen MR) is 112 cm³/mol. The molecule has 148 valence electrons. The zero-order valence-electron chi connectivity index (χ0n) is 16.0. The summed E-state index contributed by atoms with van der Waals surface area (Å²) in [7, 11) is 0. The molecule has 0 bridgehead atoms. The number of nitrogens with one attached hydrogen (secondary N) is 2. The lowest BCUT2D eigenvalue weighted by Gasteiger charge is -2.33. The van der Waals surface area contributed by atoms with Crippen LogP contribution in [0.4, 0.5) is 10.8 Å². The van der Waals surface area contributed by atoms with E-state index in [1.165, 1.54) is 17.4 Å². The highest BCUT2D eigenvalue weighted by Crippen LogP contribution is 2.20. The van der Waals surface area contributed by atoms with Crippen molar-refractivity contribution in [3.05, 3.63) is 53.6 Å². The first-order valence-electron chi connectivity index (χ1n) is 9.22. The highest BCUT2D eigenvalue weighted by molar-refractivity contribution is 7.15. The quantitative estimate of drug-likeness (QED) is 0.699. The van der Waals surface area contributed by atoms with Gasteiger partial charge in [0.2, 0.25) is 11.8 Å². The standard InChI is InChI=1S/C20H25N5O2S/c1-3-18(26)23-20-21-12-16(28-20)13-24-8-10-25(11-9-24)14-19(27)22-17-7-5-4-6-15(17)2/h3-7,12H,1,8-11,13-14H2,2H3,(H,22,27)(H,21,23,26). The van der Waals surface area contributed by atoms with E-state index in [4.69, 9.17) is 0 Å². The lowest BCUT2D eigenvalue weighted by Crippen LogP contribution is -2.48. The van der Waals surface area contributed by atoms with Gasteiger partial charge < -0.3 is 5.32 Å². The average Bonchev–Trinajstić information content (AvgIpc) is 3.12. The highest BCUT2D eigenvalue weighted by Gasteiger charge is 2.20. The molecule has 8 heteroatoms. The Morgan fingerprint density at radius 2 is 1.89 bits per heavy atom. The molecule has 0 unspecified atom stereocenters. The van der Waals surface area contributed by atoms with Crippen molar-refractivity contribution in [3.8, 4) is 0 Å². The lowest BCUT2D eigenvalue weighted by molar-refractivity contribution is -0.117. The number of piperazine rings is 1. The van der Waals surface area contributed by atoms with E-state index < -0.39 is 0 Å². The molecule has 0 radical (unpaired) electrons. The normalized spacial score (nSPS) is 15.2. The van der Waals surface area contributed by atoms with Crippen LogP contribution in [0.3, 0.4) is 0 Å². The molecule has 7 nitrogen and oxygen atoms in total. The first-order valence-corrected chi connectivity index (χ1v) is 10.0. The summed E-state index contributed by atoms with van der Waals surface area (Å²) in [6, 6.07) is 7.80. The Morgan fingerprint density at radius 3 is 2.61 bits per heavy atom. The molecule has 2 amide bonds. The Morgan fingerprint density at radius 1 is 1.18 bits per heavy atom. The van der Waals surface area contributed by atoms with Crippen LogP contribution in [0.15, 0.2) is 43.1 Å². The maximum Gasteiger partial charge on any atom is 0.249 e. The Hall–Kier alpha value is -2.55. The zero-order chi connectivity index (χ0) is 19.9. The molecule has 2 heterocycles. The predicted octanol–water partition coefficient (Wildman–Crippen LogP) is 2.33. The SMILES string of the molecule is C=CC(=O)Nc1ncc(CN2CCN(CC(=O)Nc3ccccc3C)CC2)s1. The number of para-hydroxylation sites is 1.